The first kappa shape index (κ1) is 32.0. The summed E-state index contributed by atoms with van der Waals surface area (Å²) in [4.78, 5) is 49.3. The number of hydrogen-bond donors (Lipinski definition) is 3. The third-order valence-corrected chi connectivity index (χ3v) is 7.63. The smallest absolute Gasteiger partial charge is 0.408 e. The van der Waals surface area contributed by atoms with Gasteiger partial charge in [-0.3, -0.25) is 14.4 Å². The van der Waals surface area contributed by atoms with Crippen molar-refractivity contribution in [2.75, 3.05) is 11.9 Å². The fraction of sp³-hybridized carbons (Fsp3) is 0.581. The van der Waals surface area contributed by atoms with Crippen LogP contribution >= 0.6 is 0 Å². The zero-order chi connectivity index (χ0) is 31.7. The second-order valence-electron chi connectivity index (χ2n) is 13.2. The number of ether oxygens (including phenoxy) is 2. The number of alkyl carbamates (subject to hydrolysis) is 1. The Morgan fingerprint density at radius 2 is 1.81 bits per heavy atom. The van der Waals surface area contributed by atoms with Gasteiger partial charge < -0.3 is 25.8 Å². The van der Waals surface area contributed by atoms with Crippen molar-refractivity contribution in [3.8, 4) is 5.69 Å². The first-order chi connectivity index (χ1) is 20.1. The van der Waals surface area contributed by atoms with Gasteiger partial charge in [0.25, 0.3) is 5.91 Å². The van der Waals surface area contributed by atoms with Gasteiger partial charge in [0.1, 0.15) is 24.1 Å². The molecule has 4 N–H and O–H groups in total. The maximum atomic E-state index is 15.4. The summed E-state index contributed by atoms with van der Waals surface area (Å²) in [5, 5.41) is 10.4. The number of halogens is 1. The van der Waals surface area contributed by atoms with Crippen molar-refractivity contribution in [2.45, 2.75) is 104 Å². The molecule has 1 fully saturated rings. The molecule has 234 valence electrons. The van der Waals surface area contributed by atoms with E-state index in [1.807, 2.05) is 20.8 Å². The lowest BCUT2D eigenvalue weighted by molar-refractivity contribution is -0.149. The summed E-state index contributed by atoms with van der Waals surface area (Å²) in [5.74, 6) is -2.22. The standard InChI is InChI=1S/C31H42FN5O6/c1-7-21-27-23(14-31(5,6)15-24(27)38)37(36-21)18-12-20(32)26(28(33)40)22(13-18)35-17-8-10-19(11-9-17)42-25(39)16-34-29(41)43-30(2,3)4/h12-13,17,19,35H,7-11,14-16H2,1-6H3,(H2,33,40)(H,34,41). The topological polar surface area (TPSA) is 155 Å². The number of esters is 1. The molecule has 1 saturated carbocycles. The van der Waals surface area contributed by atoms with Gasteiger partial charge in [0.05, 0.1) is 33.9 Å². The molecule has 0 saturated heterocycles. The number of amides is 2. The van der Waals surface area contributed by atoms with Gasteiger partial charge in [-0.1, -0.05) is 20.8 Å². The summed E-state index contributed by atoms with van der Waals surface area (Å²) in [6.45, 7) is 10.8. The molecule has 1 aromatic heterocycles. The van der Waals surface area contributed by atoms with Crippen molar-refractivity contribution in [1.29, 1.82) is 0 Å². The molecule has 0 atom stereocenters. The number of carbonyl (C=O) groups excluding carboxylic acids is 4. The first-order valence-corrected chi connectivity index (χ1v) is 14.8. The van der Waals surface area contributed by atoms with E-state index in [0.29, 0.717) is 61.9 Å². The number of anilines is 1. The van der Waals surface area contributed by atoms with Crippen molar-refractivity contribution < 1.29 is 33.0 Å². The summed E-state index contributed by atoms with van der Waals surface area (Å²) in [6.07, 6.45) is 2.77. The van der Waals surface area contributed by atoms with Crippen LogP contribution in [0.15, 0.2) is 12.1 Å². The molecule has 2 aliphatic carbocycles. The van der Waals surface area contributed by atoms with Crippen LogP contribution < -0.4 is 16.4 Å². The molecule has 0 bridgehead atoms. The quantitative estimate of drug-likeness (QED) is 0.372. The molecular weight excluding hydrogens is 557 g/mol. The van der Waals surface area contributed by atoms with E-state index in [4.69, 9.17) is 15.2 Å². The molecule has 0 radical (unpaired) electrons. The number of nitrogens with one attached hydrogen (secondary N) is 2. The zero-order valence-corrected chi connectivity index (χ0v) is 25.8. The second-order valence-corrected chi connectivity index (χ2v) is 13.2. The van der Waals surface area contributed by atoms with Gasteiger partial charge in [-0.05, 0) is 70.8 Å². The highest BCUT2D eigenvalue weighted by atomic mass is 19.1. The van der Waals surface area contributed by atoms with Gasteiger partial charge in [-0.2, -0.15) is 5.10 Å². The van der Waals surface area contributed by atoms with Crippen LogP contribution in [0.4, 0.5) is 14.9 Å². The van der Waals surface area contributed by atoms with E-state index in [9.17, 15) is 19.2 Å². The second kappa shape index (κ2) is 12.3. The molecule has 0 aliphatic heterocycles. The highest BCUT2D eigenvalue weighted by molar-refractivity contribution is 6.00. The molecule has 4 rings (SSSR count). The third kappa shape index (κ3) is 7.71. The van der Waals surface area contributed by atoms with E-state index in [-0.39, 0.29) is 41.1 Å². The SMILES string of the molecule is CCc1nn(-c2cc(F)c(C(N)=O)c(NC3CCC(OC(=O)CNC(=O)OC(C)(C)C)CC3)c2)c2c1C(=O)CC(C)(C)C2. The largest absolute Gasteiger partial charge is 0.461 e. The van der Waals surface area contributed by atoms with Crippen LogP contribution in [-0.2, 0) is 27.1 Å². The van der Waals surface area contributed by atoms with Gasteiger partial charge in [0.2, 0.25) is 0 Å². The van der Waals surface area contributed by atoms with Crippen LogP contribution in [-0.4, -0.2) is 57.8 Å². The van der Waals surface area contributed by atoms with Crippen LogP contribution in [0.5, 0.6) is 0 Å². The summed E-state index contributed by atoms with van der Waals surface area (Å²) in [5.41, 5.74) is 7.02. The molecule has 11 nitrogen and oxygen atoms in total. The Bertz CT molecular complexity index is 1420. The number of carbonyl (C=O) groups is 4. The number of nitrogens with two attached hydrogens (primary N) is 1. The van der Waals surface area contributed by atoms with E-state index in [1.165, 1.54) is 6.07 Å². The predicted octanol–water partition coefficient (Wildman–Crippen LogP) is 4.62. The molecule has 1 aromatic carbocycles. The third-order valence-electron chi connectivity index (χ3n) is 7.63. The van der Waals surface area contributed by atoms with Crippen molar-refractivity contribution in [1.82, 2.24) is 15.1 Å². The molecular formula is C31H42FN5O6. The minimum atomic E-state index is -0.903. The van der Waals surface area contributed by atoms with Gasteiger partial charge in [0, 0.05) is 18.5 Å². The molecule has 2 aliphatic rings. The molecule has 43 heavy (non-hydrogen) atoms. The van der Waals surface area contributed by atoms with E-state index in [0.717, 1.165) is 5.69 Å². The molecule has 0 spiro atoms. The van der Waals surface area contributed by atoms with Crippen LogP contribution in [0, 0.1) is 11.2 Å². The average molecular weight is 600 g/mol. The highest BCUT2D eigenvalue weighted by Crippen LogP contribution is 2.38. The fourth-order valence-electron chi connectivity index (χ4n) is 5.80. The number of hydrogen-bond acceptors (Lipinski definition) is 8. The highest BCUT2D eigenvalue weighted by Gasteiger charge is 2.36. The fourth-order valence-corrected chi connectivity index (χ4v) is 5.80. The number of Topliss-reactive ketones (excluding diaryl/α,β-unsaturated/α-hetero) is 1. The molecule has 0 unspecified atom stereocenters. The Morgan fingerprint density at radius 1 is 1.14 bits per heavy atom. The van der Waals surface area contributed by atoms with Gasteiger partial charge >= 0.3 is 12.1 Å². The first-order valence-electron chi connectivity index (χ1n) is 14.8. The molecule has 12 heteroatoms. The summed E-state index contributed by atoms with van der Waals surface area (Å²) in [7, 11) is 0. The summed E-state index contributed by atoms with van der Waals surface area (Å²) in [6, 6.07) is 2.74. The van der Waals surface area contributed by atoms with Gasteiger partial charge in [-0.25, -0.2) is 13.9 Å². The lowest BCUT2D eigenvalue weighted by atomic mass is 9.75. The van der Waals surface area contributed by atoms with Crippen molar-refractivity contribution in [3.63, 3.8) is 0 Å². The van der Waals surface area contributed by atoms with Crippen LogP contribution in [0.1, 0.15) is 106 Å². The maximum absolute atomic E-state index is 15.4. The van der Waals surface area contributed by atoms with Crippen molar-refractivity contribution in [3.05, 3.63) is 40.5 Å². The normalized spacial score (nSPS) is 19.7. The number of nitrogens with zero attached hydrogens (tertiary/aromatic N) is 2. The minimum Gasteiger partial charge on any atom is -0.461 e. The zero-order valence-electron chi connectivity index (χ0n) is 25.8. The monoisotopic (exact) mass is 599 g/mol. The maximum Gasteiger partial charge on any atom is 0.408 e. The van der Waals surface area contributed by atoms with Crippen LogP contribution in [0.25, 0.3) is 5.69 Å². The minimum absolute atomic E-state index is 0.0278. The van der Waals surface area contributed by atoms with Crippen LogP contribution in [0.2, 0.25) is 0 Å². The number of benzene rings is 1. The van der Waals surface area contributed by atoms with Gasteiger partial charge in [-0.15, -0.1) is 0 Å². The number of aromatic nitrogens is 2. The number of aryl methyl sites for hydroxylation is 1. The lowest BCUT2D eigenvalue weighted by Crippen LogP contribution is -2.38. The number of primary amides is 1. The number of fused-ring (bicyclic) bond motifs is 1. The van der Waals surface area contributed by atoms with Crippen LogP contribution in [0.3, 0.4) is 0 Å². The lowest BCUT2D eigenvalue weighted by Gasteiger charge is -2.30. The van der Waals surface area contributed by atoms with E-state index in [1.54, 1.807) is 31.5 Å². The molecule has 2 amide bonds. The Balaban J connectivity index is 1.47. The Hall–Kier alpha value is -3.96. The summed E-state index contributed by atoms with van der Waals surface area (Å²) >= 11 is 0. The van der Waals surface area contributed by atoms with E-state index in [2.05, 4.69) is 15.7 Å². The molecule has 2 aromatic rings. The van der Waals surface area contributed by atoms with E-state index >= 15 is 4.39 Å². The summed E-state index contributed by atoms with van der Waals surface area (Å²) < 4.78 is 27.7. The number of ketones is 1. The van der Waals surface area contributed by atoms with Gasteiger partial charge in [0.15, 0.2) is 5.78 Å². The number of rotatable bonds is 8. The van der Waals surface area contributed by atoms with E-state index < -0.39 is 29.4 Å². The Labute approximate surface area is 251 Å². The Morgan fingerprint density at radius 3 is 2.42 bits per heavy atom. The molecule has 1 heterocycles. The Kier molecular flexibility index (Phi) is 9.17. The van der Waals surface area contributed by atoms with Crippen molar-refractivity contribution in [2.24, 2.45) is 11.1 Å². The average Bonchev–Trinajstić information content (AvgIpc) is 3.25. The predicted molar refractivity (Wildman–Crippen MR) is 158 cm³/mol. The van der Waals surface area contributed by atoms with Crippen molar-refractivity contribution >= 4 is 29.4 Å².